The zero-order chi connectivity index (χ0) is 12.7. The molecule has 0 N–H and O–H groups in total. The summed E-state index contributed by atoms with van der Waals surface area (Å²) < 4.78 is 10.4. The normalized spacial score (nSPS) is 9.94. The van der Waals surface area contributed by atoms with Gasteiger partial charge in [-0.3, -0.25) is 14.9 Å². The predicted molar refractivity (Wildman–Crippen MR) is 60.5 cm³/mol. The maximum Gasteiger partial charge on any atom is 0.270 e. The van der Waals surface area contributed by atoms with Crippen molar-refractivity contribution in [3.8, 4) is 5.75 Å². The number of ether oxygens (including phenoxy) is 2. The molecule has 0 fully saturated rings. The van der Waals surface area contributed by atoms with Gasteiger partial charge in [-0.05, 0) is 13.0 Å². The van der Waals surface area contributed by atoms with Crippen LogP contribution in [-0.4, -0.2) is 31.0 Å². The van der Waals surface area contributed by atoms with E-state index in [1.54, 1.807) is 0 Å². The molecule has 0 aliphatic heterocycles. The summed E-state index contributed by atoms with van der Waals surface area (Å²) in [6.07, 6.45) is 0.531. The van der Waals surface area contributed by atoms with Gasteiger partial charge in [-0.15, -0.1) is 0 Å². The average molecular weight is 239 g/mol. The zero-order valence-corrected chi connectivity index (χ0v) is 9.42. The number of nitro benzene ring substituents is 1. The number of benzene rings is 1. The Bertz CT molecular complexity index is 405. The molecule has 0 aliphatic carbocycles. The lowest BCUT2D eigenvalue weighted by Gasteiger charge is -2.07. The van der Waals surface area contributed by atoms with Crippen LogP contribution in [0.1, 0.15) is 17.3 Å². The fraction of sp³-hybridized carbons (Fsp3) is 0.364. The number of rotatable bonds is 7. The minimum atomic E-state index is -0.559. The average Bonchev–Trinajstić information content (AvgIpc) is 2.34. The summed E-state index contributed by atoms with van der Waals surface area (Å²) in [6, 6.07) is 3.89. The summed E-state index contributed by atoms with van der Waals surface area (Å²) in [5, 5.41) is 10.5. The zero-order valence-electron chi connectivity index (χ0n) is 9.42. The molecular weight excluding hydrogens is 226 g/mol. The summed E-state index contributed by atoms with van der Waals surface area (Å²) in [5.74, 6) is 0.324. The summed E-state index contributed by atoms with van der Waals surface area (Å²) >= 11 is 0. The van der Waals surface area contributed by atoms with Gasteiger partial charge in [0.15, 0.2) is 6.29 Å². The van der Waals surface area contributed by atoms with Gasteiger partial charge in [-0.25, -0.2) is 0 Å². The second-order valence-corrected chi connectivity index (χ2v) is 3.14. The van der Waals surface area contributed by atoms with E-state index < -0.39 is 4.92 Å². The van der Waals surface area contributed by atoms with Crippen LogP contribution >= 0.6 is 0 Å². The van der Waals surface area contributed by atoms with Crippen LogP contribution in [0.2, 0.25) is 0 Å². The lowest BCUT2D eigenvalue weighted by molar-refractivity contribution is -0.384. The van der Waals surface area contributed by atoms with Gasteiger partial charge in [0.25, 0.3) is 5.69 Å². The Morgan fingerprint density at radius 1 is 1.41 bits per heavy atom. The van der Waals surface area contributed by atoms with Crippen molar-refractivity contribution in [2.45, 2.75) is 6.92 Å². The van der Waals surface area contributed by atoms with Crippen molar-refractivity contribution in [3.63, 3.8) is 0 Å². The molecule has 17 heavy (non-hydrogen) atoms. The molecule has 6 heteroatoms. The first-order valence-electron chi connectivity index (χ1n) is 5.13. The Morgan fingerprint density at radius 3 is 2.76 bits per heavy atom. The molecule has 0 aromatic heterocycles. The Kier molecular flexibility index (Phi) is 5.09. The van der Waals surface area contributed by atoms with Crippen LogP contribution in [0.4, 0.5) is 5.69 Å². The van der Waals surface area contributed by atoms with Crippen LogP contribution in [-0.2, 0) is 4.74 Å². The van der Waals surface area contributed by atoms with Crippen LogP contribution in [0.25, 0.3) is 0 Å². The number of non-ortho nitro benzene ring substituents is 1. The predicted octanol–water partition coefficient (Wildman–Crippen LogP) is 1.82. The molecule has 0 saturated carbocycles. The monoisotopic (exact) mass is 239 g/mol. The van der Waals surface area contributed by atoms with Crippen molar-refractivity contribution >= 4 is 12.0 Å². The van der Waals surface area contributed by atoms with E-state index in [1.165, 1.54) is 18.2 Å². The molecule has 0 saturated heterocycles. The summed E-state index contributed by atoms with van der Waals surface area (Å²) in [6.45, 7) is 3.16. The number of hydrogen-bond acceptors (Lipinski definition) is 5. The smallest absolute Gasteiger partial charge is 0.270 e. The Balaban J connectivity index is 2.71. The highest BCUT2D eigenvalue weighted by Crippen LogP contribution is 2.22. The second-order valence-electron chi connectivity index (χ2n) is 3.14. The third-order valence-electron chi connectivity index (χ3n) is 2.02. The van der Waals surface area contributed by atoms with Gasteiger partial charge in [-0.2, -0.15) is 0 Å². The molecule has 0 unspecified atom stereocenters. The van der Waals surface area contributed by atoms with Crippen LogP contribution in [0.3, 0.4) is 0 Å². The van der Waals surface area contributed by atoms with Gasteiger partial charge >= 0.3 is 0 Å². The van der Waals surface area contributed by atoms with Crippen molar-refractivity contribution in [3.05, 3.63) is 33.9 Å². The highest BCUT2D eigenvalue weighted by Gasteiger charge is 2.10. The van der Waals surface area contributed by atoms with Crippen LogP contribution in [0.5, 0.6) is 5.75 Å². The van der Waals surface area contributed by atoms with Crippen LogP contribution < -0.4 is 4.74 Å². The Labute approximate surface area is 98.3 Å². The first-order valence-corrected chi connectivity index (χ1v) is 5.13. The number of carbonyl (C=O) groups excluding carboxylic acids is 1. The Morgan fingerprint density at radius 2 is 2.18 bits per heavy atom. The van der Waals surface area contributed by atoms with E-state index in [1.807, 2.05) is 6.92 Å². The van der Waals surface area contributed by atoms with E-state index in [9.17, 15) is 14.9 Å². The first kappa shape index (κ1) is 13.1. The van der Waals surface area contributed by atoms with Gasteiger partial charge in [0.2, 0.25) is 0 Å². The maximum atomic E-state index is 10.8. The number of carbonyl (C=O) groups is 1. The molecule has 0 spiro atoms. The fourth-order valence-corrected chi connectivity index (χ4v) is 1.23. The molecule has 0 amide bonds. The lowest BCUT2D eigenvalue weighted by atomic mass is 10.2. The van der Waals surface area contributed by atoms with Crippen molar-refractivity contribution in [1.82, 2.24) is 0 Å². The van der Waals surface area contributed by atoms with Crippen LogP contribution in [0.15, 0.2) is 18.2 Å². The largest absolute Gasteiger partial charge is 0.490 e. The van der Waals surface area contributed by atoms with Gasteiger partial charge < -0.3 is 9.47 Å². The molecule has 1 aromatic rings. The van der Waals surface area contributed by atoms with E-state index in [4.69, 9.17) is 9.47 Å². The number of nitrogens with zero attached hydrogens (tertiary/aromatic N) is 1. The lowest BCUT2D eigenvalue weighted by Crippen LogP contribution is -2.07. The van der Waals surface area contributed by atoms with E-state index in [0.717, 1.165) is 0 Å². The molecule has 92 valence electrons. The van der Waals surface area contributed by atoms with Crippen molar-refractivity contribution in [1.29, 1.82) is 0 Å². The molecule has 0 bridgehead atoms. The minimum Gasteiger partial charge on any atom is -0.490 e. The van der Waals surface area contributed by atoms with Crippen molar-refractivity contribution in [2.75, 3.05) is 19.8 Å². The standard InChI is InChI=1S/C11H13NO5/c1-2-16-5-6-17-11-4-3-10(12(14)15)7-9(11)8-13/h3-4,7-8H,2,5-6H2,1H3. The SMILES string of the molecule is CCOCCOc1ccc([N+](=O)[O-])cc1C=O. The third-order valence-corrected chi connectivity index (χ3v) is 2.02. The first-order chi connectivity index (χ1) is 8.19. The minimum absolute atomic E-state index is 0.135. The summed E-state index contributed by atoms with van der Waals surface area (Å²) in [5.41, 5.74) is 0.0277. The fourth-order valence-electron chi connectivity index (χ4n) is 1.23. The van der Waals surface area contributed by atoms with Gasteiger partial charge in [0.1, 0.15) is 12.4 Å². The molecular formula is C11H13NO5. The molecule has 0 atom stereocenters. The number of nitro groups is 1. The van der Waals surface area contributed by atoms with Crippen LogP contribution in [0, 0.1) is 10.1 Å². The number of aldehydes is 1. The molecule has 1 rings (SSSR count). The van der Waals surface area contributed by atoms with E-state index in [-0.39, 0.29) is 11.3 Å². The van der Waals surface area contributed by atoms with E-state index in [0.29, 0.717) is 31.9 Å². The number of hydrogen-bond donors (Lipinski definition) is 0. The molecule has 0 aliphatic rings. The quantitative estimate of drug-likeness (QED) is 0.314. The topological polar surface area (TPSA) is 78.7 Å². The van der Waals surface area contributed by atoms with E-state index in [2.05, 4.69) is 0 Å². The van der Waals surface area contributed by atoms with Gasteiger partial charge in [0, 0.05) is 18.7 Å². The molecule has 1 aromatic carbocycles. The van der Waals surface area contributed by atoms with Crippen molar-refractivity contribution < 1.29 is 19.2 Å². The maximum absolute atomic E-state index is 10.8. The van der Waals surface area contributed by atoms with Gasteiger partial charge in [0.05, 0.1) is 17.1 Å². The molecule has 6 nitrogen and oxygen atoms in total. The highest BCUT2D eigenvalue weighted by atomic mass is 16.6. The van der Waals surface area contributed by atoms with Crippen molar-refractivity contribution in [2.24, 2.45) is 0 Å². The third kappa shape index (κ3) is 3.84. The Hall–Kier alpha value is -1.95. The second kappa shape index (κ2) is 6.59. The van der Waals surface area contributed by atoms with E-state index >= 15 is 0 Å². The highest BCUT2D eigenvalue weighted by molar-refractivity contribution is 5.80. The molecule has 0 heterocycles. The molecule has 0 radical (unpaired) electrons. The summed E-state index contributed by atoms with van der Waals surface area (Å²) in [7, 11) is 0. The summed E-state index contributed by atoms with van der Waals surface area (Å²) in [4.78, 5) is 20.7. The van der Waals surface area contributed by atoms with Gasteiger partial charge in [-0.1, -0.05) is 0 Å².